The molecule has 2 saturated carbocycles. The van der Waals surface area contributed by atoms with Crippen molar-refractivity contribution >= 4 is 29.3 Å². The van der Waals surface area contributed by atoms with Crippen molar-refractivity contribution in [2.45, 2.75) is 115 Å². The number of amides is 2. The lowest BCUT2D eigenvalue weighted by Gasteiger charge is -2.42. The molecule has 3 fully saturated rings. The number of aldehydes is 1. The van der Waals surface area contributed by atoms with Gasteiger partial charge in [0.1, 0.15) is 29.8 Å². The molecule has 2 aliphatic carbocycles. The number of ether oxygens (including phenoxy) is 3. The Morgan fingerprint density at radius 1 is 1.04 bits per heavy atom. The van der Waals surface area contributed by atoms with Gasteiger partial charge in [-0.15, -0.1) is 0 Å². The molecule has 0 radical (unpaired) electrons. The fourth-order valence-electron chi connectivity index (χ4n) is 7.70. The van der Waals surface area contributed by atoms with Crippen LogP contribution in [-0.4, -0.2) is 70.6 Å². The molecule has 1 aromatic carbocycles. The Morgan fingerprint density at radius 2 is 1.78 bits per heavy atom. The third-order valence-corrected chi connectivity index (χ3v) is 10.9. The summed E-state index contributed by atoms with van der Waals surface area (Å²) in [5, 5.41) is 2.92. The number of aromatic nitrogens is 2. The van der Waals surface area contributed by atoms with Gasteiger partial charge in [0.2, 0.25) is 11.8 Å². The Bertz CT molecular complexity index is 1500. The van der Waals surface area contributed by atoms with Gasteiger partial charge in [-0.2, -0.15) is 8.78 Å². The maximum Gasteiger partial charge on any atom is 0.408 e. The van der Waals surface area contributed by atoms with Crippen LogP contribution in [0.2, 0.25) is 0 Å². The standard InChI is InChI=1S/C34H44F2N4O6/c1-20-25(19-41)40-18-26(20)45-29-27(37-23-12-11-22(44-4)16-24(23)38-29)34(35,36)15-9-6-10-21-17-33(21,3)46-31(43)39-28(30(40)42)32(2)13-7-5-8-14-32/h11-12,16,19-21,25-26,28H,5-10,13-15,17-18H2,1-4H3,(H,39,43)/t20-,21+,25+,26-,28+,33+/m0/s1. The number of fused-ring (bicyclic) bond motifs is 5. The minimum absolute atomic E-state index is 0.0409. The monoisotopic (exact) mass is 642 g/mol. The van der Waals surface area contributed by atoms with Crippen molar-refractivity contribution in [3.63, 3.8) is 0 Å². The zero-order chi connectivity index (χ0) is 32.9. The van der Waals surface area contributed by atoms with E-state index in [0.717, 1.165) is 32.1 Å². The van der Waals surface area contributed by atoms with Crippen molar-refractivity contribution in [1.82, 2.24) is 20.2 Å². The highest BCUT2D eigenvalue weighted by molar-refractivity contribution is 5.89. The summed E-state index contributed by atoms with van der Waals surface area (Å²) in [5.41, 5.74) is -1.23. The van der Waals surface area contributed by atoms with Crippen LogP contribution in [0.15, 0.2) is 18.2 Å². The highest BCUT2D eigenvalue weighted by Crippen LogP contribution is 2.50. The minimum Gasteiger partial charge on any atom is -0.497 e. The number of carbonyl (C=O) groups excluding carboxylic acids is 3. The molecule has 6 atom stereocenters. The van der Waals surface area contributed by atoms with Crippen molar-refractivity contribution in [3.8, 4) is 11.6 Å². The number of hydrogen-bond donors (Lipinski definition) is 1. The van der Waals surface area contributed by atoms with Crippen LogP contribution in [0.5, 0.6) is 11.6 Å². The van der Waals surface area contributed by atoms with Gasteiger partial charge in [0.15, 0.2) is 5.69 Å². The first kappa shape index (κ1) is 32.4. The fourth-order valence-corrected chi connectivity index (χ4v) is 7.70. The summed E-state index contributed by atoms with van der Waals surface area (Å²) in [5.74, 6) is -4.11. The van der Waals surface area contributed by atoms with Crippen molar-refractivity contribution in [1.29, 1.82) is 0 Å². The summed E-state index contributed by atoms with van der Waals surface area (Å²) in [6.07, 6.45) is 5.05. The van der Waals surface area contributed by atoms with E-state index in [1.54, 1.807) is 25.1 Å². The van der Waals surface area contributed by atoms with E-state index in [9.17, 15) is 14.4 Å². The molecule has 250 valence electrons. The van der Waals surface area contributed by atoms with Gasteiger partial charge in [-0.1, -0.05) is 39.5 Å². The van der Waals surface area contributed by atoms with Crippen molar-refractivity contribution < 1.29 is 37.4 Å². The van der Waals surface area contributed by atoms with Gasteiger partial charge in [0.05, 0.1) is 30.7 Å². The highest BCUT2D eigenvalue weighted by Gasteiger charge is 2.55. The lowest BCUT2D eigenvalue weighted by Crippen LogP contribution is -2.58. The summed E-state index contributed by atoms with van der Waals surface area (Å²) in [6, 6.07) is 3.00. The number of benzene rings is 1. The first-order chi connectivity index (χ1) is 21.9. The lowest BCUT2D eigenvalue weighted by atomic mass is 9.70. The van der Waals surface area contributed by atoms with E-state index < -0.39 is 65.2 Å². The van der Waals surface area contributed by atoms with Gasteiger partial charge >= 0.3 is 6.09 Å². The predicted molar refractivity (Wildman–Crippen MR) is 165 cm³/mol. The van der Waals surface area contributed by atoms with Crippen LogP contribution >= 0.6 is 0 Å². The molecule has 2 aliphatic heterocycles. The van der Waals surface area contributed by atoms with Crippen LogP contribution in [-0.2, 0) is 20.2 Å². The average molecular weight is 643 g/mol. The SMILES string of the molecule is COc1ccc2nc3c(nc2c1)O[C@H]1CN(C(=O)[C@H](C2(C)CCCCC2)NC(=O)O[C@]2(C)C[C@H]2CCCCC3(F)F)[C@H](C=O)[C@@H]1C. The van der Waals surface area contributed by atoms with Gasteiger partial charge in [0.25, 0.3) is 5.92 Å². The van der Waals surface area contributed by atoms with E-state index in [1.165, 1.54) is 12.0 Å². The van der Waals surface area contributed by atoms with E-state index >= 15 is 8.78 Å². The quantitative estimate of drug-likeness (QED) is 0.409. The first-order valence-corrected chi connectivity index (χ1v) is 16.5. The van der Waals surface area contributed by atoms with E-state index in [-0.39, 0.29) is 30.3 Å². The molecule has 6 rings (SSSR count). The Kier molecular flexibility index (Phi) is 8.60. The molecule has 10 nitrogen and oxygen atoms in total. The Hall–Kier alpha value is -3.57. The predicted octanol–water partition coefficient (Wildman–Crippen LogP) is 5.94. The third kappa shape index (κ3) is 6.11. The molecule has 1 aromatic heterocycles. The highest BCUT2D eigenvalue weighted by atomic mass is 19.3. The number of halogens is 2. The van der Waals surface area contributed by atoms with Crippen LogP contribution < -0.4 is 14.8 Å². The van der Waals surface area contributed by atoms with Crippen molar-refractivity contribution in [2.24, 2.45) is 17.3 Å². The van der Waals surface area contributed by atoms with Gasteiger partial charge in [-0.3, -0.25) is 4.79 Å². The smallest absolute Gasteiger partial charge is 0.408 e. The summed E-state index contributed by atoms with van der Waals surface area (Å²) in [4.78, 5) is 50.5. The molecule has 1 N–H and O–H groups in total. The normalized spacial score (nSPS) is 32.9. The Morgan fingerprint density at radius 3 is 2.50 bits per heavy atom. The molecule has 2 amide bonds. The largest absolute Gasteiger partial charge is 0.497 e. The summed E-state index contributed by atoms with van der Waals surface area (Å²) < 4.78 is 49.4. The number of rotatable bonds is 3. The van der Waals surface area contributed by atoms with E-state index in [1.807, 2.05) is 13.8 Å². The first-order valence-electron chi connectivity index (χ1n) is 16.5. The van der Waals surface area contributed by atoms with Crippen LogP contribution in [0.4, 0.5) is 13.6 Å². The van der Waals surface area contributed by atoms with Crippen LogP contribution in [0.25, 0.3) is 11.0 Å². The molecule has 0 unspecified atom stereocenters. The zero-order valence-electron chi connectivity index (χ0n) is 27.0. The second-order valence-electron chi connectivity index (χ2n) is 14.2. The summed E-state index contributed by atoms with van der Waals surface area (Å²) in [7, 11) is 1.50. The van der Waals surface area contributed by atoms with Gasteiger partial charge < -0.3 is 29.2 Å². The molecule has 3 heterocycles. The van der Waals surface area contributed by atoms with Crippen LogP contribution in [0.1, 0.15) is 90.7 Å². The fraction of sp³-hybridized carbons (Fsp3) is 0.676. The van der Waals surface area contributed by atoms with Gasteiger partial charge in [0, 0.05) is 24.3 Å². The molecule has 46 heavy (non-hydrogen) atoms. The van der Waals surface area contributed by atoms with Crippen LogP contribution in [0.3, 0.4) is 0 Å². The lowest BCUT2D eigenvalue weighted by molar-refractivity contribution is -0.140. The number of nitrogens with one attached hydrogen (secondary N) is 1. The van der Waals surface area contributed by atoms with E-state index in [0.29, 0.717) is 36.8 Å². The van der Waals surface area contributed by atoms with E-state index in [4.69, 9.17) is 14.2 Å². The van der Waals surface area contributed by atoms with Crippen molar-refractivity contribution in [2.75, 3.05) is 13.7 Å². The molecule has 2 aromatic rings. The molecule has 0 spiro atoms. The molecule has 12 heteroatoms. The minimum atomic E-state index is -3.35. The molecular weight excluding hydrogens is 598 g/mol. The second-order valence-corrected chi connectivity index (χ2v) is 14.2. The van der Waals surface area contributed by atoms with E-state index in [2.05, 4.69) is 15.3 Å². The number of nitrogens with zero attached hydrogens (tertiary/aromatic N) is 3. The van der Waals surface area contributed by atoms with Gasteiger partial charge in [-0.05, 0) is 56.6 Å². The zero-order valence-corrected chi connectivity index (χ0v) is 27.0. The summed E-state index contributed by atoms with van der Waals surface area (Å²) in [6.45, 7) is 5.55. The number of carbonyl (C=O) groups is 3. The maximum atomic E-state index is 16.0. The number of methoxy groups -OCH3 is 1. The average Bonchev–Trinajstić information content (AvgIpc) is 3.55. The topological polar surface area (TPSA) is 120 Å². The van der Waals surface area contributed by atoms with Crippen molar-refractivity contribution in [3.05, 3.63) is 23.9 Å². The number of alkyl halides is 2. The molecule has 1 saturated heterocycles. The maximum absolute atomic E-state index is 16.0. The summed E-state index contributed by atoms with van der Waals surface area (Å²) >= 11 is 0. The van der Waals surface area contributed by atoms with Crippen LogP contribution in [0, 0.1) is 17.3 Å². The Labute approximate surface area is 267 Å². The second kappa shape index (κ2) is 12.2. The third-order valence-electron chi connectivity index (χ3n) is 10.9. The molecule has 4 aliphatic rings. The Balaban J connectivity index is 1.40. The number of alkyl carbamates (subject to hydrolysis) is 1. The molecule has 2 bridgehead atoms. The molecular formula is C34H44F2N4O6. The van der Waals surface area contributed by atoms with Gasteiger partial charge in [-0.25, -0.2) is 14.8 Å². The number of hydrogen-bond acceptors (Lipinski definition) is 8.